The van der Waals surface area contributed by atoms with Crippen molar-refractivity contribution in [3.8, 4) is 5.75 Å². The van der Waals surface area contributed by atoms with Gasteiger partial charge < -0.3 is 19.1 Å². The Balaban J connectivity index is 2.11. The molecule has 1 aromatic carbocycles. The molecule has 242 valence electrons. The molecule has 0 N–H and O–H groups in total. The van der Waals surface area contributed by atoms with Gasteiger partial charge in [-0.2, -0.15) is 5.10 Å². The third-order valence-electron chi connectivity index (χ3n) is 8.38. The lowest BCUT2D eigenvalue weighted by Gasteiger charge is -2.42. The van der Waals surface area contributed by atoms with Crippen LogP contribution in [0.15, 0.2) is 48.2 Å². The van der Waals surface area contributed by atoms with Gasteiger partial charge in [0.05, 0.1) is 34.3 Å². The molecule has 3 heterocycles. The van der Waals surface area contributed by atoms with E-state index in [1.165, 1.54) is 37.6 Å². The molecule has 12 heteroatoms. The zero-order valence-corrected chi connectivity index (χ0v) is 28.2. The number of Topliss-reactive ketones (excluding diaryl/α,β-unsaturated/α-hetero) is 1. The Morgan fingerprint density at radius 3 is 2.24 bits per heavy atom. The summed E-state index contributed by atoms with van der Waals surface area (Å²) in [7, 11) is 3.99. The minimum absolute atomic E-state index is 0.0825. The molecule has 0 aliphatic carbocycles. The second-order valence-corrected chi connectivity index (χ2v) is 14.4. The van der Waals surface area contributed by atoms with E-state index in [0.717, 1.165) is 5.56 Å². The normalized spacial score (nSPS) is 21.8. The number of esters is 2. The van der Waals surface area contributed by atoms with Crippen molar-refractivity contribution in [2.75, 3.05) is 21.3 Å². The summed E-state index contributed by atoms with van der Waals surface area (Å²) in [5.41, 5.74) is -3.52. The SMILES string of the molecule is COC(=O)CC1(C(=O)OC)CC(Cn2cccn2)(C(=O)C(C)(C)C)N(C(=O)c2ccc(C(C)(C)C)c(OC)c2)C1c1nccs1. The monoisotopic (exact) mass is 638 g/mol. The highest BCUT2D eigenvalue weighted by atomic mass is 32.1. The molecule has 0 spiro atoms. The van der Waals surface area contributed by atoms with Gasteiger partial charge in [0.1, 0.15) is 27.8 Å². The average Bonchev–Trinajstić information content (AvgIpc) is 3.75. The molecule has 11 nitrogen and oxygen atoms in total. The van der Waals surface area contributed by atoms with E-state index in [0.29, 0.717) is 10.8 Å². The summed E-state index contributed by atoms with van der Waals surface area (Å²) in [6.45, 7) is 11.3. The Bertz CT molecular complexity index is 1560. The third kappa shape index (κ3) is 6.12. The Kier molecular flexibility index (Phi) is 9.31. The van der Waals surface area contributed by atoms with Crippen LogP contribution in [0.3, 0.4) is 0 Å². The topological polar surface area (TPSA) is 130 Å². The standard InChI is InChI=1S/C33H42N4O7S/c1-30(2,3)22-12-11-21(17-23(22)42-7)27(39)37-25(26-34-14-16-45-26)32(29(41)44-9,18-24(38)43-8)19-33(37,28(40)31(4,5)6)20-36-15-10-13-35-36/h10-17,25H,18-20H2,1-9H3. The van der Waals surface area contributed by atoms with Gasteiger partial charge >= 0.3 is 11.9 Å². The number of ketones is 1. The van der Waals surface area contributed by atoms with Crippen LogP contribution < -0.4 is 4.74 Å². The van der Waals surface area contributed by atoms with Gasteiger partial charge in [0.2, 0.25) is 0 Å². The van der Waals surface area contributed by atoms with Gasteiger partial charge in [-0.1, -0.05) is 47.6 Å². The fourth-order valence-corrected chi connectivity index (χ4v) is 7.35. The number of hydrogen-bond acceptors (Lipinski definition) is 10. The smallest absolute Gasteiger partial charge is 0.315 e. The first-order valence-corrected chi connectivity index (χ1v) is 15.5. The van der Waals surface area contributed by atoms with Crippen molar-refractivity contribution in [2.24, 2.45) is 10.8 Å². The van der Waals surface area contributed by atoms with Crippen molar-refractivity contribution in [3.63, 3.8) is 0 Å². The number of likely N-dealkylation sites (tertiary alicyclic amines) is 1. The van der Waals surface area contributed by atoms with Crippen LogP contribution in [-0.4, -0.2) is 70.2 Å². The lowest BCUT2D eigenvalue weighted by atomic mass is 9.69. The number of rotatable bonds is 9. The largest absolute Gasteiger partial charge is 0.496 e. The number of aromatic nitrogens is 3. The maximum atomic E-state index is 15.1. The van der Waals surface area contributed by atoms with Crippen molar-refractivity contribution in [1.82, 2.24) is 19.7 Å². The summed E-state index contributed by atoms with van der Waals surface area (Å²) in [6.07, 6.45) is 4.15. The average molecular weight is 639 g/mol. The number of carbonyl (C=O) groups excluding carboxylic acids is 4. The maximum absolute atomic E-state index is 15.1. The van der Waals surface area contributed by atoms with Gasteiger partial charge in [-0.15, -0.1) is 11.3 Å². The predicted octanol–water partition coefficient (Wildman–Crippen LogP) is 5.01. The molecule has 45 heavy (non-hydrogen) atoms. The molecule has 2 aromatic heterocycles. The summed E-state index contributed by atoms with van der Waals surface area (Å²) in [5, 5.41) is 6.48. The highest BCUT2D eigenvalue weighted by Crippen LogP contribution is 2.60. The Hall–Kier alpha value is -4.06. The van der Waals surface area contributed by atoms with E-state index < -0.39 is 46.7 Å². The molecule has 4 rings (SSSR count). The third-order valence-corrected chi connectivity index (χ3v) is 9.21. The number of hydrogen-bond donors (Lipinski definition) is 0. The predicted molar refractivity (Wildman–Crippen MR) is 168 cm³/mol. The van der Waals surface area contributed by atoms with E-state index in [1.807, 2.05) is 26.8 Å². The molecule has 3 aromatic rings. The van der Waals surface area contributed by atoms with Crippen LogP contribution in [-0.2, 0) is 35.8 Å². The lowest BCUT2D eigenvalue weighted by molar-refractivity contribution is -0.161. The highest BCUT2D eigenvalue weighted by molar-refractivity contribution is 7.09. The van der Waals surface area contributed by atoms with Crippen LogP contribution in [0.2, 0.25) is 0 Å². The summed E-state index contributed by atoms with van der Waals surface area (Å²) < 4.78 is 17.7. The molecule has 1 aliphatic rings. The van der Waals surface area contributed by atoms with Crippen LogP contribution in [0.5, 0.6) is 5.75 Å². The van der Waals surface area contributed by atoms with Crippen LogP contribution in [0.25, 0.3) is 0 Å². The van der Waals surface area contributed by atoms with Gasteiger partial charge in [0.25, 0.3) is 5.91 Å². The van der Waals surface area contributed by atoms with Crippen LogP contribution in [0.1, 0.15) is 81.4 Å². The minimum atomic E-state index is -1.72. The first-order valence-electron chi connectivity index (χ1n) is 14.6. The molecule has 3 unspecified atom stereocenters. The van der Waals surface area contributed by atoms with E-state index in [-0.39, 0.29) is 29.7 Å². The summed E-state index contributed by atoms with van der Waals surface area (Å²) in [6, 6.07) is 5.74. The maximum Gasteiger partial charge on any atom is 0.315 e. The lowest BCUT2D eigenvalue weighted by Crippen LogP contribution is -2.59. The summed E-state index contributed by atoms with van der Waals surface area (Å²) >= 11 is 1.22. The van der Waals surface area contributed by atoms with E-state index >= 15 is 4.79 Å². The van der Waals surface area contributed by atoms with Gasteiger partial charge in [-0.25, -0.2) is 4.98 Å². The Morgan fingerprint density at radius 2 is 1.73 bits per heavy atom. The van der Waals surface area contributed by atoms with E-state index in [2.05, 4.69) is 10.1 Å². The highest BCUT2D eigenvalue weighted by Gasteiger charge is 2.70. The van der Waals surface area contributed by atoms with Crippen molar-refractivity contribution in [1.29, 1.82) is 0 Å². The number of benzene rings is 1. The van der Waals surface area contributed by atoms with Crippen molar-refractivity contribution >= 4 is 35.0 Å². The molecule has 1 amide bonds. The Labute approximate surface area is 267 Å². The fourth-order valence-electron chi connectivity index (χ4n) is 6.51. The number of thiazole rings is 1. The number of amides is 1. The molecular formula is C33H42N4O7S. The summed E-state index contributed by atoms with van der Waals surface area (Å²) in [4.78, 5) is 63.2. The molecule has 3 atom stereocenters. The first kappa shape index (κ1) is 33.8. The van der Waals surface area contributed by atoms with Crippen molar-refractivity contribution < 1.29 is 33.4 Å². The number of nitrogens with zero attached hydrogens (tertiary/aromatic N) is 4. The second-order valence-electron chi connectivity index (χ2n) is 13.5. The molecular weight excluding hydrogens is 596 g/mol. The van der Waals surface area contributed by atoms with Gasteiger partial charge in [0.15, 0.2) is 5.78 Å². The van der Waals surface area contributed by atoms with Gasteiger partial charge in [-0.05, 0) is 35.6 Å². The van der Waals surface area contributed by atoms with Crippen molar-refractivity contribution in [3.05, 3.63) is 64.4 Å². The first-order chi connectivity index (χ1) is 21.1. The van der Waals surface area contributed by atoms with E-state index in [9.17, 15) is 14.4 Å². The zero-order valence-electron chi connectivity index (χ0n) is 27.4. The summed E-state index contributed by atoms with van der Waals surface area (Å²) in [5.74, 6) is -1.78. The molecule has 0 bridgehead atoms. The fraction of sp³-hybridized carbons (Fsp3) is 0.515. The minimum Gasteiger partial charge on any atom is -0.496 e. The van der Waals surface area contributed by atoms with E-state index in [1.54, 1.807) is 67.6 Å². The van der Waals surface area contributed by atoms with Crippen LogP contribution >= 0.6 is 11.3 Å². The Morgan fingerprint density at radius 1 is 1.02 bits per heavy atom. The molecule has 1 saturated heterocycles. The molecule has 0 saturated carbocycles. The quantitative estimate of drug-likeness (QED) is 0.297. The second kappa shape index (κ2) is 12.4. The number of carbonyl (C=O) groups is 4. The van der Waals surface area contributed by atoms with Crippen LogP contribution in [0.4, 0.5) is 0 Å². The molecule has 0 radical (unpaired) electrons. The van der Waals surface area contributed by atoms with E-state index in [4.69, 9.17) is 14.2 Å². The molecule has 1 fully saturated rings. The van der Waals surface area contributed by atoms with Crippen molar-refractivity contribution in [2.45, 2.75) is 77.9 Å². The molecule has 1 aliphatic heterocycles. The zero-order chi connectivity index (χ0) is 33.4. The number of ether oxygens (including phenoxy) is 3. The number of methoxy groups -OCH3 is 3. The van der Waals surface area contributed by atoms with Crippen LogP contribution in [0, 0.1) is 10.8 Å². The van der Waals surface area contributed by atoms with Gasteiger partial charge in [-0.3, -0.25) is 23.9 Å². The van der Waals surface area contributed by atoms with Gasteiger partial charge in [0, 0.05) is 34.9 Å².